The summed E-state index contributed by atoms with van der Waals surface area (Å²) in [6.45, 7) is 8.85. The third kappa shape index (κ3) is 7.37. The number of ether oxygens (including phenoxy) is 2. The number of carbonyl (C=O) groups excluding carboxylic acids is 2. The van der Waals surface area contributed by atoms with Crippen LogP contribution in [-0.4, -0.2) is 56.1 Å². The van der Waals surface area contributed by atoms with Crippen LogP contribution < -0.4 is 19.7 Å². The van der Waals surface area contributed by atoms with Crippen molar-refractivity contribution in [1.82, 2.24) is 4.90 Å². The van der Waals surface area contributed by atoms with E-state index in [1.807, 2.05) is 61.2 Å². The van der Waals surface area contributed by atoms with Crippen LogP contribution in [0.25, 0.3) is 0 Å². The molecule has 7 nitrogen and oxygen atoms in total. The maximum atomic E-state index is 13.0. The molecule has 4 rings (SSSR count). The number of aryl methyl sites for hydroxylation is 2. The number of nitrogens with one attached hydrogen (secondary N) is 1. The van der Waals surface area contributed by atoms with E-state index >= 15 is 0 Å². The molecule has 0 radical (unpaired) electrons. The number of hydrogen-bond donors (Lipinski definition) is 1. The largest absolute Gasteiger partial charge is 0.494 e. The lowest BCUT2D eigenvalue weighted by Crippen LogP contribution is -2.48. The molecule has 1 fully saturated rings. The molecule has 0 bridgehead atoms. The Labute approximate surface area is 239 Å². The molecule has 39 heavy (non-hydrogen) atoms. The highest BCUT2D eigenvalue weighted by Crippen LogP contribution is 2.31. The topological polar surface area (TPSA) is 71.1 Å². The number of carbonyl (C=O) groups is 2. The van der Waals surface area contributed by atoms with Gasteiger partial charge in [-0.25, -0.2) is 0 Å². The van der Waals surface area contributed by atoms with Crippen molar-refractivity contribution in [3.8, 4) is 11.5 Å². The van der Waals surface area contributed by atoms with Crippen molar-refractivity contribution in [3.05, 3.63) is 81.3 Å². The summed E-state index contributed by atoms with van der Waals surface area (Å²) < 4.78 is 11.3. The monoisotopic (exact) mass is 569 g/mol. The fourth-order valence-electron chi connectivity index (χ4n) is 4.51. The lowest BCUT2D eigenvalue weighted by atomic mass is 10.1. The van der Waals surface area contributed by atoms with Crippen molar-refractivity contribution >= 4 is 46.4 Å². The fraction of sp³-hybridized carbons (Fsp3) is 0.333. The summed E-state index contributed by atoms with van der Waals surface area (Å²) in [5.41, 5.74) is 3.98. The predicted molar refractivity (Wildman–Crippen MR) is 157 cm³/mol. The summed E-state index contributed by atoms with van der Waals surface area (Å²) in [5.74, 6) is 0.962. The lowest BCUT2D eigenvalue weighted by molar-refractivity contribution is -0.118. The van der Waals surface area contributed by atoms with Crippen LogP contribution in [0.2, 0.25) is 10.0 Å². The molecule has 1 saturated heterocycles. The van der Waals surface area contributed by atoms with E-state index in [1.165, 1.54) is 0 Å². The maximum absolute atomic E-state index is 13.0. The Bertz CT molecular complexity index is 1300. The van der Waals surface area contributed by atoms with Gasteiger partial charge in [0.1, 0.15) is 11.5 Å². The molecule has 0 atom stereocenters. The molecule has 1 N–H and O–H groups in total. The number of benzene rings is 3. The minimum Gasteiger partial charge on any atom is -0.494 e. The molecule has 0 aromatic heterocycles. The second-order valence-corrected chi connectivity index (χ2v) is 10.4. The van der Waals surface area contributed by atoms with Crippen molar-refractivity contribution in [2.45, 2.75) is 27.2 Å². The number of rotatable bonds is 9. The molecule has 0 spiro atoms. The Morgan fingerprint density at radius 1 is 0.897 bits per heavy atom. The van der Waals surface area contributed by atoms with Crippen molar-refractivity contribution in [1.29, 1.82) is 0 Å². The van der Waals surface area contributed by atoms with Gasteiger partial charge < -0.3 is 24.6 Å². The minimum absolute atomic E-state index is 0.00480. The molecule has 0 aliphatic carbocycles. The lowest BCUT2D eigenvalue weighted by Gasteiger charge is -2.36. The van der Waals surface area contributed by atoms with Gasteiger partial charge in [-0.15, -0.1) is 0 Å². The van der Waals surface area contributed by atoms with Gasteiger partial charge in [-0.05, 0) is 79.9 Å². The highest BCUT2D eigenvalue weighted by atomic mass is 35.5. The number of halogens is 2. The highest BCUT2D eigenvalue weighted by Gasteiger charge is 2.23. The predicted octanol–water partition coefficient (Wildman–Crippen LogP) is 6.38. The van der Waals surface area contributed by atoms with E-state index in [2.05, 4.69) is 17.1 Å². The normalized spacial score (nSPS) is 13.3. The third-order valence-corrected chi connectivity index (χ3v) is 7.02. The van der Waals surface area contributed by atoms with E-state index in [0.717, 1.165) is 29.0 Å². The Morgan fingerprint density at radius 3 is 2.26 bits per heavy atom. The van der Waals surface area contributed by atoms with Crippen LogP contribution in [0.5, 0.6) is 11.5 Å². The van der Waals surface area contributed by atoms with Crippen LogP contribution in [0, 0.1) is 13.8 Å². The standard InChI is InChI=1S/C30H33Cl2N3O4/c1-4-15-38-24-8-5-22(6-9-24)30(37)35-13-11-34(12-14-35)27-10-7-23(18-25(27)31)33-28(36)19-39-29-21(3)16-20(2)17-26(29)32/h5-10,16-18H,4,11-15,19H2,1-3H3,(H,33,36). The van der Waals surface area contributed by atoms with E-state index in [1.54, 1.807) is 12.1 Å². The van der Waals surface area contributed by atoms with Gasteiger partial charge in [0.2, 0.25) is 0 Å². The fourth-order valence-corrected chi connectivity index (χ4v) is 5.18. The average Bonchev–Trinajstić information content (AvgIpc) is 2.91. The van der Waals surface area contributed by atoms with E-state index in [-0.39, 0.29) is 18.4 Å². The van der Waals surface area contributed by atoms with Gasteiger partial charge in [0.05, 0.1) is 22.3 Å². The minimum atomic E-state index is -0.313. The molecule has 206 valence electrons. The van der Waals surface area contributed by atoms with Gasteiger partial charge in [0.15, 0.2) is 6.61 Å². The van der Waals surface area contributed by atoms with E-state index in [4.69, 9.17) is 32.7 Å². The molecule has 2 amide bonds. The summed E-state index contributed by atoms with van der Waals surface area (Å²) in [7, 11) is 0. The molecule has 1 heterocycles. The van der Waals surface area contributed by atoms with Crippen molar-refractivity contribution < 1.29 is 19.1 Å². The molecule has 9 heteroatoms. The van der Waals surface area contributed by atoms with Crippen LogP contribution in [0.1, 0.15) is 34.8 Å². The second-order valence-electron chi connectivity index (χ2n) is 9.55. The summed E-state index contributed by atoms with van der Waals surface area (Å²) in [4.78, 5) is 29.4. The molecule has 3 aromatic rings. The van der Waals surface area contributed by atoms with E-state index < -0.39 is 0 Å². The van der Waals surface area contributed by atoms with E-state index in [9.17, 15) is 9.59 Å². The Kier molecular flexibility index (Phi) is 9.59. The van der Waals surface area contributed by atoms with Crippen LogP contribution in [0.4, 0.5) is 11.4 Å². The van der Waals surface area contributed by atoms with Crippen molar-refractivity contribution in [3.63, 3.8) is 0 Å². The van der Waals surface area contributed by atoms with Gasteiger partial charge in [-0.1, -0.05) is 36.2 Å². The van der Waals surface area contributed by atoms with Crippen molar-refractivity contribution in [2.75, 3.05) is 49.6 Å². The summed E-state index contributed by atoms with van der Waals surface area (Å²) in [6.07, 6.45) is 0.936. The quantitative estimate of drug-likeness (QED) is 0.324. The van der Waals surface area contributed by atoms with Crippen LogP contribution >= 0.6 is 23.2 Å². The number of piperazine rings is 1. The van der Waals surface area contributed by atoms with E-state index in [0.29, 0.717) is 59.8 Å². The Balaban J connectivity index is 1.29. The van der Waals surface area contributed by atoms with Gasteiger partial charge >= 0.3 is 0 Å². The smallest absolute Gasteiger partial charge is 0.262 e. The zero-order chi connectivity index (χ0) is 27.9. The van der Waals surface area contributed by atoms with Crippen LogP contribution in [0.3, 0.4) is 0 Å². The number of nitrogens with zero attached hydrogens (tertiary/aromatic N) is 2. The average molecular weight is 571 g/mol. The number of amides is 2. The summed E-state index contributed by atoms with van der Waals surface area (Å²) >= 11 is 12.9. The Morgan fingerprint density at radius 2 is 1.62 bits per heavy atom. The zero-order valence-corrected chi connectivity index (χ0v) is 23.9. The molecule has 0 saturated carbocycles. The zero-order valence-electron chi connectivity index (χ0n) is 22.4. The summed E-state index contributed by atoms with van der Waals surface area (Å²) in [6, 6.07) is 16.5. The first kappa shape index (κ1) is 28.6. The molecule has 1 aliphatic rings. The third-order valence-electron chi connectivity index (χ3n) is 6.43. The summed E-state index contributed by atoms with van der Waals surface area (Å²) in [5, 5.41) is 3.82. The highest BCUT2D eigenvalue weighted by molar-refractivity contribution is 6.33. The first-order valence-corrected chi connectivity index (χ1v) is 13.8. The van der Waals surface area contributed by atoms with Crippen LogP contribution in [0.15, 0.2) is 54.6 Å². The number of hydrogen-bond acceptors (Lipinski definition) is 5. The maximum Gasteiger partial charge on any atom is 0.262 e. The number of anilines is 2. The first-order valence-electron chi connectivity index (χ1n) is 13.0. The molecular weight excluding hydrogens is 537 g/mol. The SMILES string of the molecule is CCCOc1ccc(C(=O)N2CCN(c3ccc(NC(=O)COc4c(C)cc(C)cc4Cl)cc3Cl)CC2)cc1. The van der Waals surface area contributed by atoms with Gasteiger partial charge in [-0.3, -0.25) is 9.59 Å². The molecule has 3 aromatic carbocycles. The molecule has 1 aliphatic heterocycles. The van der Waals surface area contributed by atoms with Crippen LogP contribution in [-0.2, 0) is 4.79 Å². The van der Waals surface area contributed by atoms with Crippen molar-refractivity contribution in [2.24, 2.45) is 0 Å². The van der Waals surface area contributed by atoms with Gasteiger partial charge in [0.25, 0.3) is 11.8 Å². The van der Waals surface area contributed by atoms with Gasteiger partial charge in [0, 0.05) is 37.4 Å². The Hall–Kier alpha value is -3.42. The molecule has 0 unspecified atom stereocenters. The first-order chi connectivity index (χ1) is 18.7. The molecular formula is C30H33Cl2N3O4. The van der Waals surface area contributed by atoms with Gasteiger partial charge in [-0.2, -0.15) is 0 Å². The second kappa shape index (κ2) is 13.1.